The maximum Gasteiger partial charge on any atom is 0.256 e. The van der Waals surface area contributed by atoms with E-state index in [0.717, 1.165) is 23.7 Å². The third-order valence-corrected chi connectivity index (χ3v) is 2.97. The Morgan fingerprint density at radius 2 is 2.07 bits per heavy atom. The summed E-state index contributed by atoms with van der Waals surface area (Å²) in [4.78, 5) is 10.1. The van der Waals surface area contributed by atoms with E-state index < -0.39 is 8.16 Å². The molecule has 5 nitrogen and oxygen atoms in total. The van der Waals surface area contributed by atoms with Crippen molar-refractivity contribution in [2.24, 2.45) is 5.10 Å². The molecule has 0 amide bonds. The molecule has 0 rings (SSSR count). The zero-order valence-corrected chi connectivity index (χ0v) is 11.0. The Balaban J connectivity index is 4.48. The topological polar surface area (TPSA) is 58.7 Å². The zero-order chi connectivity index (χ0) is 11.4. The predicted molar refractivity (Wildman–Crippen MR) is 63.6 cm³/mol. The van der Waals surface area contributed by atoms with E-state index in [2.05, 4.69) is 5.10 Å². The van der Waals surface area contributed by atoms with Crippen LogP contribution in [0.4, 0.5) is 0 Å². The smallest absolute Gasteiger partial charge is 0.256 e. The van der Waals surface area contributed by atoms with Crippen LogP contribution in [0.15, 0.2) is 5.10 Å². The van der Waals surface area contributed by atoms with Gasteiger partial charge in [-0.25, -0.2) is 10.1 Å². The molecule has 0 aromatic heterocycles. The molecule has 0 bridgehead atoms. The van der Waals surface area contributed by atoms with Crippen LogP contribution in [0.25, 0.3) is 0 Å². The number of hydrogen-bond acceptors (Lipinski definition) is 4. The molecule has 0 saturated carbocycles. The first kappa shape index (κ1) is 14.4. The van der Waals surface area contributed by atoms with Crippen molar-refractivity contribution in [2.75, 3.05) is 13.3 Å². The number of rotatable bonds is 2. The number of alkyl halides is 3. The van der Waals surface area contributed by atoms with Crippen LogP contribution in [0, 0.1) is 10.1 Å². The van der Waals surface area contributed by atoms with Crippen molar-refractivity contribution in [2.45, 2.75) is 3.12 Å². The second-order valence-electron chi connectivity index (χ2n) is 1.86. The highest BCUT2D eigenvalue weighted by atomic mass is 35.6. The van der Waals surface area contributed by atoms with Crippen molar-refractivity contribution >= 4 is 63.7 Å². The second kappa shape index (κ2) is 6.12. The number of thioether (sulfide) groups is 1. The maximum absolute atomic E-state index is 10.1. The van der Waals surface area contributed by atoms with Gasteiger partial charge in [-0.05, 0) is 6.26 Å². The Hall–Kier alpha value is 0.440. The fourth-order valence-electron chi connectivity index (χ4n) is 0.497. The molecule has 0 atom stereocenters. The minimum atomic E-state index is -1.57. The Kier molecular flexibility index (Phi) is 6.31. The summed E-state index contributed by atoms with van der Waals surface area (Å²) in [6.45, 7) is 0. The van der Waals surface area contributed by atoms with Crippen LogP contribution in [0.5, 0.6) is 0 Å². The molecule has 0 aliphatic rings. The van der Waals surface area contributed by atoms with Crippen molar-refractivity contribution in [3.63, 3.8) is 0 Å². The molecule has 0 N–H and O–H groups in total. The average molecular weight is 299 g/mol. The fraction of sp³-hybridized carbons (Fsp3) is 0.750. The summed E-state index contributed by atoms with van der Waals surface area (Å²) in [6, 6.07) is 0. The van der Waals surface area contributed by atoms with Gasteiger partial charge in [-0.15, -0.1) is 0 Å². The molecule has 0 spiro atoms. The molecular weight excluding hydrogens is 293 g/mol. The largest absolute Gasteiger partial charge is 0.290 e. The molecule has 0 aliphatic carbocycles. The van der Waals surface area contributed by atoms with Crippen LogP contribution in [-0.2, 0) is 0 Å². The molecule has 0 unspecified atom stereocenters. The molecule has 0 aromatic carbocycles. The van der Waals surface area contributed by atoms with Crippen molar-refractivity contribution in [3.8, 4) is 0 Å². The van der Waals surface area contributed by atoms with Gasteiger partial charge in [-0.1, -0.05) is 46.6 Å². The molecule has 0 saturated heterocycles. The fourth-order valence-corrected chi connectivity index (χ4v) is 2.59. The Bertz CT molecular complexity index is 244. The van der Waals surface area contributed by atoms with Gasteiger partial charge in [0.2, 0.25) is 5.17 Å². The van der Waals surface area contributed by atoms with Crippen LogP contribution < -0.4 is 0 Å². The van der Waals surface area contributed by atoms with Crippen molar-refractivity contribution in [3.05, 3.63) is 10.1 Å². The van der Waals surface area contributed by atoms with E-state index in [0.29, 0.717) is 0 Å². The van der Waals surface area contributed by atoms with Crippen molar-refractivity contribution in [1.82, 2.24) is 4.31 Å². The minimum absolute atomic E-state index is 0.145. The lowest BCUT2D eigenvalue weighted by Gasteiger charge is -2.19. The van der Waals surface area contributed by atoms with E-state index in [1.807, 2.05) is 0 Å². The van der Waals surface area contributed by atoms with Gasteiger partial charge in [0.25, 0.3) is 3.12 Å². The Morgan fingerprint density at radius 3 is 2.36 bits per heavy atom. The first-order valence-corrected chi connectivity index (χ1v) is 6.16. The highest BCUT2D eigenvalue weighted by molar-refractivity contribution is 8.15. The maximum atomic E-state index is 10.1. The van der Waals surface area contributed by atoms with Gasteiger partial charge < -0.3 is 0 Å². The Labute approximate surface area is 104 Å². The summed E-state index contributed by atoms with van der Waals surface area (Å²) in [7, 11) is 1.52. The second-order valence-corrected chi connectivity index (χ2v) is 6.93. The number of nitrogens with zero attached hydrogens (tertiary/aromatic N) is 3. The van der Waals surface area contributed by atoms with Crippen LogP contribution in [0.3, 0.4) is 0 Å². The van der Waals surface area contributed by atoms with Gasteiger partial charge in [0, 0.05) is 19.0 Å². The molecule has 0 aliphatic heterocycles. The van der Waals surface area contributed by atoms with E-state index in [-0.39, 0.29) is 5.17 Å². The highest BCUT2D eigenvalue weighted by Gasteiger charge is 2.26. The molecule has 0 aromatic rings. The summed E-state index contributed by atoms with van der Waals surface area (Å²) in [5.74, 6) is 0. The number of hydrogen-bond donors (Lipinski definition) is 0. The molecule has 14 heavy (non-hydrogen) atoms. The van der Waals surface area contributed by atoms with E-state index in [4.69, 9.17) is 34.8 Å². The molecule has 0 heterocycles. The lowest BCUT2D eigenvalue weighted by Crippen LogP contribution is -2.21. The standard InChI is InChI=1S/C4H6Cl3N3O2S2/c1-9(14-4(5,6)7)3(13-2)8-10(11)12/h1-2H3. The molecule has 10 heteroatoms. The van der Waals surface area contributed by atoms with E-state index in [1.54, 1.807) is 6.26 Å². The minimum Gasteiger partial charge on any atom is -0.290 e. The predicted octanol–water partition coefficient (Wildman–Crippen LogP) is 2.80. The van der Waals surface area contributed by atoms with Crippen molar-refractivity contribution < 1.29 is 5.03 Å². The molecule has 0 radical (unpaired) electrons. The zero-order valence-electron chi connectivity index (χ0n) is 7.11. The lowest BCUT2D eigenvalue weighted by atomic mass is 11.2. The SMILES string of the molecule is CSC(=N[N+](=O)[O-])N(C)SC(Cl)(Cl)Cl. The van der Waals surface area contributed by atoms with E-state index in [9.17, 15) is 10.1 Å². The summed E-state index contributed by atoms with van der Waals surface area (Å²) < 4.78 is -0.248. The number of nitro groups is 1. The van der Waals surface area contributed by atoms with Gasteiger partial charge in [-0.2, -0.15) is 0 Å². The van der Waals surface area contributed by atoms with Crippen LogP contribution in [0.2, 0.25) is 0 Å². The normalized spacial score (nSPS) is 12.8. The molecule has 0 fully saturated rings. The number of hydrazone groups is 1. The van der Waals surface area contributed by atoms with E-state index >= 15 is 0 Å². The first-order valence-electron chi connectivity index (χ1n) is 3.03. The van der Waals surface area contributed by atoms with Crippen molar-refractivity contribution in [1.29, 1.82) is 0 Å². The van der Waals surface area contributed by atoms with Crippen LogP contribution in [-0.4, -0.2) is 30.9 Å². The first-order chi connectivity index (χ1) is 6.26. The van der Waals surface area contributed by atoms with Crippen LogP contribution in [0.1, 0.15) is 0 Å². The summed E-state index contributed by atoms with van der Waals surface area (Å²) in [6.07, 6.45) is 1.64. The third-order valence-electron chi connectivity index (χ3n) is 0.860. The monoisotopic (exact) mass is 297 g/mol. The van der Waals surface area contributed by atoms with Gasteiger partial charge in [-0.3, -0.25) is 4.31 Å². The average Bonchev–Trinajstić information content (AvgIpc) is 1.96. The van der Waals surface area contributed by atoms with Gasteiger partial charge in [0.1, 0.15) is 0 Å². The number of amidine groups is 1. The molecular formula is C4H6Cl3N3O2S2. The van der Waals surface area contributed by atoms with Gasteiger partial charge in [0.15, 0.2) is 5.03 Å². The number of halogens is 3. The molecule has 82 valence electrons. The van der Waals surface area contributed by atoms with Gasteiger partial charge >= 0.3 is 0 Å². The van der Waals surface area contributed by atoms with Crippen LogP contribution >= 0.6 is 58.5 Å². The third kappa shape index (κ3) is 6.83. The lowest BCUT2D eigenvalue weighted by molar-refractivity contribution is -0.485. The quantitative estimate of drug-likeness (QED) is 0.196. The Morgan fingerprint density at radius 1 is 1.57 bits per heavy atom. The van der Waals surface area contributed by atoms with E-state index in [1.165, 1.54) is 11.4 Å². The summed E-state index contributed by atoms with van der Waals surface area (Å²) in [5, 5.41) is 12.6. The highest BCUT2D eigenvalue weighted by Crippen LogP contribution is 2.41. The summed E-state index contributed by atoms with van der Waals surface area (Å²) >= 11 is 18.3. The summed E-state index contributed by atoms with van der Waals surface area (Å²) in [5.41, 5.74) is 0. The van der Waals surface area contributed by atoms with Gasteiger partial charge in [0.05, 0.1) is 5.10 Å².